The van der Waals surface area contributed by atoms with Crippen LogP contribution < -0.4 is 0 Å². The maximum atomic E-state index is 9.38. The highest BCUT2D eigenvalue weighted by Gasteiger charge is 2.04. The number of aromatic hydroxyl groups is 1. The molecule has 0 heterocycles. The third-order valence-corrected chi connectivity index (χ3v) is 2.25. The van der Waals surface area contributed by atoms with Crippen molar-refractivity contribution in [2.75, 3.05) is 0 Å². The van der Waals surface area contributed by atoms with Crippen LogP contribution >= 0.6 is 0 Å². The molecule has 1 unspecified atom stereocenters. The lowest BCUT2D eigenvalue weighted by molar-refractivity contribution is 0.275. The molecule has 1 atom stereocenters. The first-order chi connectivity index (χ1) is 7.17. The van der Waals surface area contributed by atoms with Gasteiger partial charge in [-0.3, -0.25) is 0 Å². The van der Waals surface area contributed by atoms with Crippen molar-refractivity contribution in [1.82, 2.24) is 0 Å². The number of aliphatic hydroxyl groups excluding tert-OH is 1. The Labute approximate surface area is 90.6 Å². The predicted molar refractivity (Wildman–Crippen MR) is 60.3 cm³/mol. The molecule has 1 aromatic carbocycles. The van der Waals surface area contributed by atoms with Gasteiger partial charge in [0.2, 0.25) is 0 Å². The molecule has 0 bridgehead atoms. The van der Waals surface area contributed by atoms with Crippen LogP contribution in [0.4, 0.5) is 0 Å². The maximum absolute atomic E-state index is 9.38. The molecule has 1 rings (SSSR count). The average molecular weight is 204 g/mol. The molecule has 0 fully saturated rings. The lowest BCUT2D eigenvalue weighted by atomic mass is 9.99. The summed E-state index contributed by atoms with van der Waals surface area (Å²) >= 11 is 0. The monoisotopic (exact) mass is 204 g/mol. The van der Waals surface area contributed by atoms with E-state index in [0.717, 1.165) is 12.0 Å². The summed E-state index contributed by atoms with van der Waals surface area (Å²) in [6, 6.07) is 5.30. The van der Waals surface area contributed by atoms with Gasteiger partial charge in [0.15, 0.2) is 0 Å². The Balaban J connectivity index is 2.81. The van der Waals surface area contributed by atoms with E-state index in [-0.39, 0.29) is 12.4 Å². The second-order valence-corrected chi connectivity index (χ2v) is 3.62. The highest BCUT2D eigenvalue weighted by Crippen LogP contribution is 2.20. The van der Waals surface area contributed by atoms with Crippen LogP contribution in [0.3, 0.4) is 0 Å². The minimum atomic E-state index is -0.131. The molecule has 0 aliphatic heterocycles. The van der Waals surface area contributed by atoms with Crippen molar-refractivity contribution in [1.29, 1.82) is 0 Å². The number of hydrogen-bond donors (Lipinski definition) is 2. The molecule has 0 radical (unpaired) electrons. The van der Waals surface area contributed by atoms with Crippen LogP contribution in [0.2, 0.25) is 0 Å². The summed E-state index contributed by atoms with van der Waals surface area (Å²) in [5.74, 6) is 6.40. The molecular formula is C13H16O2. The Morgan fingerprint density at radius 1 is 1.40 bits per heavy atom. The van der Waals surface area contributed by atoms with Crippen LogP contribution in [-0.4, -0.2) is 10.2 Å². The Hall–Kier alpha value is -1.46. The Bertz CT molecular complexity index is 385. The Kier molecular flexibility index (Phi) is 4.20. The van der Waals surface area contributed by atoms with Crippen LogP contribution in [0.1, 0.15) is 25.0 Å². The van der Waals surface area contributed by atoms with Crippen molar-refractivity contribution >= 4 is 0 Å². The fourth-order valence-electron chi connectivity index (χ4n) is 1.54. The van der Waals surface area contributed by atoms with Gasteiger partial charge in [0.1, 0.15) is 5.75 Å². The van der Waals surface area contributed by atoms with Gasteiger partial charge in [-0.15, -0.1) is 11.8 Å². The molecule has 0 aliphatic rings. The third kappa shape index (κ3) is 3.30. The van der Waals surface area contributed by atoms with Crippen molar-refractivity contribution < 1.29 is 10.2 Å². The fraction of sp³-hybridized carbons (Fsp3) is 0.385. The van der Waals surface area contributed by atoms with Gasteiger partial charge < -0.3 is 10.2 Å². The van der Waals surface area contributed by atoms with Crippen LogP contribution in [0, 0.1) is 17.8 Å². The minimum Gasteiger partial charge on any atom is -0.508 e. The van der Waals surface area contributed by atoms with E-state index in [2.05, 4.69) is 18.8 Å². The van der Waals surface area contributed by atoms with Crippen molar-refractivity contribution in [2.45, 2.75) is 26.9 Å². The molecule has 0 saturated heterocycles. The molecule has 2 nitrogen and oxygen atoms in total. The van der Waals surface area contributed by atoms with Crippen molar-refractivity contribution in [2.24, 2.45) is 5.92 Å². The van der Waals surface area contributed by atoms with Gasteiger partial charge >= 0.3 is 0 Å². The lowest BCUT2D eigenvalue weighted by Crippen LogP contribution is -1.97. The first-order valence-corrected chi connectivity index (χ1v) is 5.01. The molecule has 1 aromatic rings. The van der Waals surface area contributed by atoms with Gasteiger partial charge in [0, 0.05) is 11.5 Å². The SMILES string of the molecule is CC#CC(C)Cc1ccc(O)c(CO)c1. The molecular weight excluding hydrogens is 188 g/mol. The van der Waals surface area contributed by atoms with Gasteiger partial charge in [-0.2, -0.15) is 0 Å². The van der Waals surface area contributed by atoms with Crippen LogP contribution in [0.25, 0.3) is 0 Å². The molecule has 2 N–H and O–H groups in total. The molecule has 2 heteroatoms. The molecule has 0 saturated carbocycles. The Morgan fingerprint density at radius 3 is 2.73 bits per heavy atom. The molecule has 0 spiro atoms. The van der Waals surface area contributed by atoms with E-state index in [4.69, 9.17) is 5.11 Å². The van der Waals surface area contributed by atoms with Crippen LogP contribution in [0.15, 0.2) is 18.2 Å². The minimum absolute atomic E-state index is 0.131. The molecule has 80 valence electrons. The van der Waals surface area contributed by atoms with Crippen LogP contribution in [-0.2, 0) is 13.0 Å². The van der Waals surface area contributed by atoms with Gasteiger partial charge in [-0.25, -0.2) is 0 Å². The maximum Gasteiger partial charge on any atom is 0.121 e. The Morgan fingerprint density at radius 2 is 2.13 bits per heavy atom. The summed E-state index contributed by atoms with van der Waals surface area (Å²) in [4.78, 5) is 0. The molecule has 15 heavy (non-hydrogen) atoms. The summed E-state index contributed by atoms with van der Waals surface area (Å²) in [7, 11) is 0. The average Bonchev–Trinajstić information content (AvgIpc) is 2.21. The summed E-state index contributed by atoms with van der Waals surface area (Å²) in [5.41, 5.74) is 1.66. The zero-order valence-electron chi connectivity index (χ0n) is 9.12. The second-order valence-electron chi connectivity index (χ2n) is 3.62. The van der Waals surface area contributed by atoms with Crippen molar-refractivity contribution in [3.63, 3.8) is 0 Å². The first kappa shape index (κ1) is 11.6. The summed E-state index contributed by atoms with van der Waals surface area (Å²) in [6.45, 7) is 3.75. The topological polar surface area (TPSA) is 40.5 Å². The van der Waals surface area contributed by atoms with E-state index in [1.165, 1.54) is 0 Å². The molecule has 0 amide bonds. The number of benzene rings is 1. The normalized spacial score (nSPS) is 11.7. The van der Waals surface area contributed by atoms with Crippen molar-refractivity contribution in [3.8, 4) is 17.6 Å². The zero-order chi connectivity index (χ0) is 11.3. The van der Waals surface area contributed by atoms with Gasteiger partial charge in [0.25, 0.3) is 0 Å². The summed E-state index contributed by atoms with van der Waals surface area (Å²) in [6.07, 6.45) is 0.841. The zero-order valence-corrected chi connectivity index (χ0v) is 9.12. The van der Waals surface area contributed by atoms with E-state index in [1.54, 1.807) is 6.07 Å². The quantitative estimate of drug-likeness (QED) is 0.740. The van der Waals surface area contributed by atoms with Crippen LogP contribution in [0.5, 0.6) is 5.75 Å². The molecule has 0 aromatic heterocycles. The van der Waals surface area contributed by atoms with E-state index in [9.17, 15) is 5.11 Å². The number of phenols is 1. The van der Waals surface area contributed by atoms with E-state index in [0.29, 0.717) is 11.5 Å². The smallest absolute Gasteiger partial charge is 0.121 e. The van der Waals surface area contributed by atoms with Crippen molar-refractivity contribution in [3.05, 3.63) is 29.3 Å². The number of aliphatic hydroxyl groups is 1. The van der Waals surface area contributed by atoms with Gasteiger partial charge in [-0.1, -0.05) is 13.0 Å². The number of hydrogen-bond acceptors (Lipinski definition) is 2. The summed E-state index contributed by atoms with van der Waals surface area (Å²) < 4.78 is 0. The highest BCUT2D eigenvalue weighted by molar-refractivity contribution is 5.36. The predicted octanol–water partition coefficient (Wildman–Crippen LogP) is 2.09. The van der Waals surface area contributed by atoms with Gasteiger partial charge in [-0.05, 0) is 31.0 Å². The largest absolute Gasteiger partial charge is 0.508 e. The number of rotatable bonds is 3. The first-order valence-electron chi connectivity index (χ1n) is 5.01. The van der Waals surface area contributed by atoms with E-state index >= 15 is 0 Å². The van der Waals surface area contributed by atoms with Gasteiger partial charge in [0.05, 0.1) is 6.61 Å². The summed E-state index contributed by atoms with van der Waals surface area (Å²) in [5, 5.41) is 18.4. The second kappa shape index (κ2) is 5.43. The molecule has 0 aliphatic carbocycles. The third-order valence-electron chi connectivity index (χ3n) is 2.25. The van der Waals surface area contributed by atoms with E-state index < -0.39 is 0 Å². The fourth-order valence-corrected chi connectivity index (χ4v) is 1.54. The highest BCUT2D eigenvalue weighted by atomic mass is 16.3. The standard InChI is InChI=1S/C13H16O2/c1-3-4-10(2)7-11-5-6-13(15)12(8-11)9-14/h5-6,8,10,14-15H,7,9H2,1-2H3. The lowest BCUT2D eigenvalue weighted by Gasteiger charge is -2.07. The van der Waals surface area contributed by atoms with E-state index in [1.807, 2.05) is 19.1 Å².